The summed E-state index contributed by atoms with van der Waals surface area (Å²) in [6.45, 7) is 3.99. The number of hydrogen-bond donors (Lipinski definition) is 1. The zero-order valence-electron chi connectivity index (χ0n) is 12.4. The van der Waals surface area contributed by atoms with Crippen molar-refractivity contribution in [2.75, 3.05) is 18.0 Å². The van der Waals surface area contributed by atoms with Crippen LogP contribution in [0, 0.1) is 5.92 Å². The van der Waals surface area contributed by atoms with Gasteiger partial charge in [-0.25, -0.2) is 9.78 Å². The lowest BCUT2D eigenvalue weighted by molar-refractivity contribution is 0.0697. The molecule has 3 heterocycles. The Morgan fingerprint density at radius 2 is 2.29 bits per heavy atom. The fraction of sp³-hybridized carbons (Fsp3) is 0.533. The molecule has 0 saturated carbocycles. The van der Waals surface area contributed by atoms with E-state index in [1.807, 2.05) is 7.05 Å². The topological polar surface area (TPSA) is 71.2 Å². The number of rotatable bonds is 3. The Kier molecular flexibility index (Phi) is 3.53. The fourth-order valence-electron chi connectivity index (χ4n) is 3.18. The third-order valence-electron chi connectivity index (χ3n) is 4.38. The van der Waals surface area contributed by atoms with E-state index in [0.29, 0.717) is 5.92 Å². The number of carboxylic acids is 1. The van der Waals surface area contributed by atoms with Crippen LogP contribution in [0.25, 0.3) is 11.0 Å². The third kappa shape index (κ3) is 2.34. The molecule has 1 aliphatic rings. The molecule has 2 aromatic rings. The SMILES string of the molecule is CCC1CCCN(c2c(C(=O)O)cnc3c2cnn3C)C1. The van der Waals surface area contributed by atoms with E-state index in [1.54, 1.807) is 10.9 Å². The molecule has 1 fully saturated rings. The van der Waals surface area contributed by atoms with E-state index in [2.05, 4.69) is 21.9 Å². The van der Waals surface area contributed by atoms with Crippen molar-refractivity contribution < 1.29 is 9.90 Å². The summed E-state index contributed by atoms with van der Waals surface area (Å²) >= 11 is 0. The molecule has 21 heavy (non-hydrogen) atoms. The van der Waals surface area contributed by atoms with Gasteiger partial charge >= 0.3 is 5.97 Å². The Morgan fingerprint density at radius 3 is 3.00 bits per heavy atom. The number of hydrogen-bond acceptors (Lipinski definition) is 4. The lowest BCUT2D eigenvalue weighted by atomic mass is 9.94. The number of fused-ring (bicyclic) bond motifs is 1. The van der Waals surface area contributed by atoms with Crippen molar-refractivity contribution in [3.8, 4) is 0 Å². The van der Waals surface area contributed by atoms with Crippen LogP contribution in [0.4, 0.5) is 5.69 Å². The summed E-state index contributed by atoms with van der Waals surface area (Å²) in [5, 5.41) is 14.5. The van der Waals surface area contributed by atoms with Gasteiger partial charge in [-0.3, -0.25) is 4.68 Å². The molecule has 0 aromatic carbocycles. The lowest BCUT2D eigenvalue weighted by Gasteiger charge is -2.35. The van der Waals surface area contributed by atoms with Gasteiger partial charge in [-0.1, -0.05) is 13.3 Å². The normalized spacial score (nSPS) is 19.1. The van der Waals surface area contributed by atoms with Crippen LogP contribution in [-0.2, 0) is 7.05 Å². The number of aromatic carboxylic acids is 1. The van der Waals surface area contributed by atoms with Gasteiger partial charge in [0, 0.05) is 26.3 Å². The molecule has 2 aromatic heterocycles. The van der Waals surface area contributed by atoms with Gasteiger partial charge in [0.25, 0.3) is 0 Å². The predicted octanol–water partition coefficient (Wildman–Crippen LogP) is 2.29. The molecule has 1 N–H and O–H groups in total. The Balaban J connectivity index is 2.14. The molecule has 1 atom stereocenters. The average molecular weight is 288 g/mol. The zero-order valence-corrected chi connectivity index (χ0v) is 12.4. The minimum absolute atomic E-state index is 0.271. The summed E-state index contributed by atoms with van der Waals surface area (Å²) in [5.74, 6) is -0.304. The second-order valence-corrected chi connectivity index (χ2v) is 5.69. The van der Waals surface area contributed by atoms with Gasteiger partial charge in [-0.05, 0) is 18.8 Å². The first-order chi connectivity index (χ1) is 10.1. The minimum Gasteiger partial charge on any atom is -0.478 e. The molecular weight excluding hydrogens is 268 g/mol. The Hall–Kier alpha value is -2.11. The van der Waals surface area contributed by atoms with Crippen molar-refractivity contribution >= 4 is 22.7 Å². The van der Waals surface area contributed by atoms with Gasteiger partial charge in [0.15, 0.2) is 5.65 Å². The molecule has 3 rings (SSSR count). The number of piperidine rings is 1. The van der Waals surface area contributed by atoms with Crippen LogP contribution in [0.5, 0.6) is 0 Å². The van der Waals surface area contributed by atoms with Gasteiger partial charge in [0.1, 0.15) is 5.56 Å². The van der Waals surface area contributed by atoms with Gasteiger partial charge in [0.2, 0.25) is 0 Å². The number of carboxylic acid groups (broad SMARTS) is 1. The Labute approximate surface area is 123 Å². The van der Waals surface area contributed by atoms with E-state index in [0.717, 1.165) is 42.7 Å². The first kappa shape index (κ1) is 13.9. The van der Waals surface area contributed by atoms with Crippen LogP contribution in [0.3, 0.4) is 0 Å². The van der Waals surface area contributed by atoms with E-state index in [9.17, 15) is 9.90 Å². The second kappa shape index (κ2) is 5.35. The molecule has 0 radical (unpaired) electrons. The maximum absolute atomic E-state index is 11.6. The minimum atomic E-state index is -0.929. The molecular formula is C15H20N4O2. The Bertz CT molecular complexity index is 680. The molecule has 6 nitrogen and oxygen atoms in total. The fourth-order valence-corrected chi connectivity index (χ4v) is 3.18. The summed E-state index contributed by atoms with van der Waals surface area (Å²) < 4.78 is 1.69. The van der Waals surface area contributed by atoms with Gasteiger partial charge in [-0.2, -0.15) is 5.10 Å². The quantitative estimate of drug-likeness (QED) is 0.938. The largest absolute Gasteiger partial charge is 0.478 e. The molecule has 0 bridgehead atoms. The van der Waals surface area contributed by atoms with Crippen molar-refractivity contribution in [1.29, 1.82) is 0 Å². The third-order valence-corrected chi connectivity index (χ3v) is 4.38. The maximum Gasteiger partial charge on any atom is 0.339 e. The molecule has 1 saturated heterocycles. The van der Waals surface area contributed by atoms with Crippen LogP contribution in [0.1, 0.15) is 36.5 Å². The molecule has 0 aliphatic carbocycles. The molecule has 1 unspecified atom stereocenters. The van der Waals surface area contributed by atoms with Gasteiger partial charge < -0.3 is 10.0 Å². The molecule has 112 valence electrons. The summed E-state index contributed by atoms with van der Waals surface area (Å²) in [6.07, 6.45) is 6.62. The Morgan fingerprint density at radius 1 is 1.48 bits per heavy atom. The smallest absolute Gasteiger partial charge is 0.339 e. The van der Waals surface area contributed by atoms with E-state index in [1.165, 1.54) is 12.6 Å². The maximum atomic E-state index is 11.6. The van der Waals surface area contributed by atoms with Crippen molar-refractivity contribution in [3.05, 3.63) is 18.0 Å². The highest BCUT2D eigenvalue weighted by molar-refractivity contribution is 6.03. The molecule has 0 spiro atoms. The number of aromatic nitrogens is 3. The molecule has 0 amide bonds. The number of anilines is 1. The summed E-state index contributed by atoms with van der Waals surface area (Å²) in [6, 6.07) is 0. The number of carbonyl (C=O) groups is 1. The standard InChI is InChI=1S/C15H20N4O2/c1-3-10-5-4-6-19(9-10)13-11-8-17-18(2)14(11)16-7-12(13)15(20)21/h7-8,10H,3-6,9H2,1-2H3,(H,20,21). The van der Waals surface area contributed by atoms with Crippen LogP contribution >= 0.6 is 0 Å². The highest BCUT2D eigenvalue weighted by atomic mass is 16.4. The number of nitrogens with zero attached hydrogens (tertiary/aromatic N) is 4. The number of aryl methyl sites for hydroxylation is 1. The van der Waals surface area contributed by atoms with Gasteiger partial charge in [-0.15, -0.1) is 0 Å². The highest BCUT2D eigenvalue weighted by Crippen LogP contribution is 2.33. The van der Waals surface area contributed by atoms with E-state index >= 15 is 0 Å². The first-order valence-corrected chi connectivity index (χ1v) is 7.40. The van der Waals surface area contributed by atoms with Crippen molar-refractivity contribution in [1.82, 2.24) is 14.8 Å². The number of pyridine rings is 1. The second-order valence-electron chi connectivity index (χ2n) is 5.69. The summed E-state index contributed by atoms with van der Waals surface area (Å²) in [4.78, 5) is 18.0. The van der Waals surface area contributed by atoms with Crippen LogP contribution in [0.15, 0.2) is 12.4 Å². The van der Waals surface area contributed by atoms with Crippen LogP contribution in [0.2, 0.25) is 0 Å². The van der Waals surface area contributed by atoms with Crippen molar-refractivity contribution in [2.24, 2.45) is 13.0 Å². The zero-order chi connectivity index (χ0) is 15.0. The van der Waals surface area contributed by atoms with Crippen LogP contribution in [-0.4, -0.2) is 38.9 Å². The van der Waals surface area contributed by atoms with Gasteiger partial charge in [0.05, 0.1) is 17.3 Å². The highest BCUT2D eigenvalue weighted by Gasteiger charge is 2.26. The summed E-state index contributed by atoms with van der Waals surface area (Å²) in [7, 11) is 1.82. The lowest BCUT2D eigenvalue weighted by Crippen LogP contribution is -2.36. The average Bonchev–Trinajstić information content (AvgIpc) is 2.88. The molecule has 6 heteroatoms. The predicted molar refractivity (Wildman–Crippen MR) is 80.7 cm³/mol. The van der Waals surface area contributed by atoms with E-state index < -0.39 is 5.97 Å². The van der Waals surface area contributed by atoms with Crippen molar-refractivity contribution in [3.63, 3.8) is 0 Å². The van der Waals surface area contributed by atoms with Crippen molar-refractivity contribution in [2.45, 2.75) is 26.2 Å². The van der Waals surface area contributed by atoms with Crippen LogP contribution < -0.4 is 4.90 Å². The molecule has 1 aliphatic heterocycles. The monoisotopic (exact) mass is 288 g/mol. The first-order valence-electron chi connectivity index (χ1n) is 7.40. The van der Waals surface area contributed by atoms with E-state index in [-0.39, 0.29) is 5.56 Å². The van der Waals surface area contributed by atoms with E-state index in [4.69, 9.17) is 0 Å². The summed E-state index contributed by atoms with van der Waals surface area (Å²) in [5.41, 5.74) is 1.78.